The largest absolute Gasteiger partial charge is 0.325 e. The van der Waals surface area contributed by atoms with Gasteiger partial charge in [0.1, 0.15) is 11.2 Å². The van der Waals surface area contributed by atoms with Crippen molar-refractivity contribution in [2.24, 2.45) is 5.92 Å². The normalized spacial score (nSPS) is 27.2. The molecule has 1 saturated heterocycles. The third-order valence-electron chi connectivity index (χ3n) is 5.29. The molecule has 1 N–H and O–H groups in total. The molecule has 24 heavy (non-hydrogen) atoms. The minimum Gasteiger partial charge on any atom is -0.323 e. The molecule has 2 aromatic rings. The maximum atomic E-state index is 13.0. The van der Waals surface area contributed by atoms with E-state index in [1.807, 2.05) is 13.0 Å². The van der Waals surface area contributed by atoms with E-state index in [0.29, 0.717) is 10.7 Å². The van der Waals surface area contributed by atoms with Gasteiger partial charge in [0, 0.05) is 12.4 Å². The summed E-state index contributed by atoms with van der Waals surface area (Å²) in [5.41, 5.74) is 0.682. The van der Waals surface area contributed by atoms with Crippen molar-refractivity contribution in [1.29, 1.82) is 0 Å². The number of imidazole rings is 1. The van der Waals surface area contributed by atoms with Gasteiger partial charge >= 0.3 is 6.03 Å². The molecule has 7 heteroatoms. The molecule has 6 nitrogen and oxygen atoms in total. The maximum Gasteiger partial charge on any atom is 0.325 e. The molecule has 0 bridgehead atoms. The summed E-state index contributed by atoms with van der Waals surface area (Å²) in [7, 11) is 0. The van der Waals surface area contributed by atoms with Gasteiger partial charge in [-0.2, -0.15) is 0 Å². The van der Waals surface area contributed by atoms with E-state index in [9.17, 15) is 9.59 Å². The number of amides is 3. The van der Waals surface area contributed by atoms with E-state index in [1.54, 1.807) is 22.9 Å². The fourth-order valence-corrected chi connectivity index (χ4v) is 4.06. The zero-order valence-electron chi connectivity index (χ0n) is 13.5. The van der Waals surface area contributed by atoms with Gasteiger partial charge in [-0.1, -0.05) is 31.4 Å². The molecule has 1 saturated carbocycles. The average Bonchev–Trinajstić information content (AvgIpc) is 3.04. The van der Waals surface area contributed by atoms with Crippen LogP contribution < -0.4 is 5.32 Å². The summed E-state index contributed by atoms with van der Waals surface area (Å²) < 4.78 is 1.80. The van der Waals surface area contributed by atoms with E-state index in [-0.39, 0.29) is 24.4 Å². The van der Waals surface area contributed by atoms with Gasteiger partial charge in [0.15, 0.2) is 0 Å². The molecule has 4 rings (SSSR count). The predicted octanol–water partition coefficient (Wildman–Crippen LogP) is 2.99. The van der Waals surface area contributed by atoms with Crippen molar-refractivity contribution in [3.8, 4) is 0 Å². The second kappa shape index (κ2) is 5.48. The molecule has 1 spiro atoms. The number of imide groups is 1. The van der Waals surface area contributed by atoms with E-state index in [4.69, 9.17) is 11.6 Å². The van der Waals surface area contributed by atoms with Crippen molar-refractivity contribution in [3.63, 3.8) is 0 Å². The SMILES string of the molecule is C[C@@H]1CCCC[C@]12NC(=O)N(Cc1cn3cc(Cl)ccc3n1)C2=O. The summed E-state index contributed by atoms with van der Waals surface area (Å²) in [4.78, 5) is 31.1. The molecular weight excluding hydrogens is 328 g/mol. The van der Waals surface area contributed by atoms with Crippen LogP contribution in [-0.2, 0) is 11.3 Å². The molecule has 3 heterocycles. The number of rotatable bonds is 2. The smallest absolute Gasteiger partial charge is 0.323 e. The van der Waals surface area contributed by atoms with Crippen LogP contribution in [0.15, 0.2) is 24.5 Å². The van der Waals surface area contributed by atoms with Gasteiger partial charge in [-0.3, -0.25) is 9.69 Å². The highest BCUT2D eigenvalue weighted by Crippen LogP contribution is 2.38. The molecular formula is C17H19ClN4O2. The van der Waals surface area contributed by atoms with Gasteiger partial charge in [0.2, 0.25) is 0 Å². The third kappa shape index (κ3) is 2.28. The summed E-state index contributed by atoms with van der Waals surface area (Å²) in [5.74, 6) is 0.0439. The van der Waals surface area contributed by atoms with E-state index >= 15 is 0 Å². The summed E-state index contributed by atoms with van der Waals surface area (Å²) in [6, 6.07) is 3.26. The van der Waals surface area contributed by atoms with Crippen LogP contribution in [0.25, 0.3) is 5.65 Å². The Morgan fingerprint density at radius 2 is 2.17 bits per heavy atom. The molecule has 2 aliphatic rings. The fourth-order valence-electron chi connectivity index (χ4n) is 3.89. The maximum absolute atomic E-state index is 13.0. The number of nitrogens with zero attached hydrogens (tertiary/aromatic N) is 3. The molecule has 126 valence electrons. The predicted molar refractivity (Wildman–Crippen MR) is 89.6 cm³/mol. The summed E-state index contributed by atoms with van der Waals surface area (Å²) in [5, 5.41) is 3.57. The number of pyridine rings is 1. The monoisotopic (exact) mass is 346 g/mol. The lowest BCUT2D eigenvalue weighted by atomic mass is 9.73. The zero-order valence-corrected chi connectivity index (χ0v) is 14.2. The van der Waals surface area contributed by atoms with Crippen LogP contribution in [0.5, 0.6) is 0 Å². The highest BCUT2D eigenvalue weighted by atomic mass is 35.5. The lowest BCUT2D eigenvalue weighted by molar-refractivity contribution is -0.134. The van der Waals surface area contributed by atoms with Crippen LogP contribution in [0, 0.1) is 5.92 Å². The van der Waals surface area contributed by atoms with E-state index in [1.165, 1.54) is 4.90 Å². The Hall–Kier alpha value is -2.08. The minimum absolute atomic E-state index is 0.116. The number of carbonyl (C=O) groups is 2. The van der Waals surface area contributed by atoms with Gasteiger partial charge in [0.05, 0.1) is 17.3 Å². The first-order chi connectivity index (χ1) is 11.5. The highest BCUT2D eigenvalue weighted by molar-refractivity contribution is 6.30. The van der Waals surface area contributed by atoms with Crippen molar-refractivity contribution >= 4 is 29.2 Å². The number of hydrogen-bond donors (Lipinski definition) is 1. The second-order valence-electron chi connectivity index (χ2n) is 6.78. The number of halogens is 1. The number of fused-ring (bicyclic) bond motifs is 1. The first-order valence-electron chi connectivity index (χ1n) is 8.27. The molecule has 3 amide bonds. The van der Waals surface area contributed by atoms with Crippen molar-refractivity contribution in [1.82, 2.24) is 19.6 Å². The lowest BCUT2D eigenvalue weighted by Crippen LogP contribution is -2.53. The van der Waals surface area contributed by atoms with Crippen molar-refractivity contribution in [2.75, 3.05) is 0 Å². The summed E-state index contributed by atoms with van der Waals surface area (Å²) in [6.45, 7) is 2.23. The fraction of sp³-hybridized carbons (Fsp3) is 0.471. The topological polar surface area (TPSA) is 66.7 Å². The Labute approximate surface area is 144 Å². The van der Waals surface area contributed by atoms with E-state index in [2.05, 4.69) is 10.3 Å². The number of aromatic nitrogens is 2. The third-order valence-corrected chi connectivity index (χ3v) is 5.51. The average molecular weight is 347 g/mol. The Bertz CT molecular complexity index is 833. The van der Waals surface area contributed by atoms with Crippen LogP contribution in [0.1, 0.15) is 38.3 Å². The first kappa shape index (κ1) is 15.4. The Morgan fingerprint density at radius 3 is 2.96 bits per heavy atom. The molecule has 0 aromatic carbocycles. The van der Waals surface area contributed by atoms with Crippen molar-refractivity contribution in [3.05, 3.63) is 35.2 Å². The number of nitrogens with one attached hydrogen (secondary N) is 1. The second-order valence-corrected chi connectivity index (χ2v) is 7.22. The lowest BCUT2D eigenvalue weighted by Gasteiger charge is -2.36. The van der Waals surface area contributed by atoms with Crippen molar-refractivity contribution in [2.45, 2.75) is 44.7 Å². The minimum atomic E-state index is -0.724. The van der Waals surface area contributed by atoms with Gasteiger partial charge < -0.3 is 9.72 Å². The molecule has 2 atom stereocenters. The number of hydrogen-bond acceptors (Lipinski definition) is 3. The first-order valence-corrected chi connectivity index (χ1v) is 8.65. The van der Waals surface area contributed by atoms with Gasteiger partial charge in [-0.25, -0.2) is 9.78 Å². The Kier molecular flexibility index (Phi) is 3.53. The van der Waals surface area contributed by atoms with Crippen molar-refractivity contribution < 1.29 is 9.59 Å². The van der Waals surface area contributed by atoms with Gasteiger partial charge in [-0.15, -0.1) is 0 Å². The van der Waals surface area contributed by atoms with Crippen LogP contribution in [-0.4, -0.2) is 31.8 Å². The molecule has 0 unspecified atom stereocenters. The van der Waals surface area contributed by atoms with Crippen LogP contribution in [0.2, 0.25) is 5.02 Å². The number of carbonyl (C=O) groups excluding carboxylic acids is 2. The van der Waals surface area contributed by atoms with Gasteiger partial charge in [0.25, 0.3) is 5.91 Å². The zero-order chi connectivity index (χ0) is 16.9. The highest BCUT2D eigenvalue weighted by Gasteiger charge is 2.54. The Balaban J connectivity index is 1.61. The van der Waals surface area contributed by atoms with Crippen LogP contribution in [0.4, 0.5) is 4.79 Å². The summed E-state index contributed by atoms with van der Waals surface area (Å²) >= 11 is 5.98. The van der Waals surface area contributed by atoms with E-state index in [0.717, 1.165) is 31.3 Å². The standard InChI is InChI=1S/C17H19ClN4O2/c1-11-4-2-3-7-17(11)15(23)22(16(24)20-17)10-13-9-21-8-12(18)5-6-14(21)19-13/h5-6,8-9,11H,2-4,7,10H2,1H3,(H,20,24)/t11-,17+/m1/s1. The number of urea groups is 1. The molecule has 2 fully saturated rings. The molecule has 1 aliphatic carbocycles. The molecule has 2 aromatic heterocycles. The van der Waals surface area contributed by atoms with E-state index < -0.39 is 5.54 Å². The molecule has 0 radical (unpaired) electrons. The molecule has 1 aliphatic heterocycles. The quantitative estimate of drug-likeness (QED) is 0.850. The van der Waals surface area contributed by atoms with Crippen LogP contribution in [0.3, 0.4) is 0 Å². The van der Waals surface area contributed by atoms with Gasteiger partial charge in [-0.05, 0) is 30.9 Å². The van der Waals surface area contributed by atoms with Crippen LogP contribution >= 0.6 is 11.6 Å². The Morgan fingerprint density at radius 1 is 1.33 bits per heavy atom. The summed E-state index contributed by atoms with van der Waals surface area (Å²) in [6.07, 6.45) is 7.32.